The molecular weight excluding hydrogens is 535 g/mol. The van der Waals surface area contributed by atoms with E-state index in [1.54, 1.807) is 11.3 Å². The van der Waals surface area contributed by atoms with Gasteiger partial charge in [0, 0.05) is 25.0 Å². The first kappa shape index (κ1) is 26.1. The van der Waals surface area contributed by atoms with Crippen LogP contribution in [0.3, 0.4) is 0 Å². The Morgan fingerprint density at radius 3 is 2.62 bits per heavy atom. The van der Waals surface area contributed by atoms with Crippen LogP contribution in [0.1, 0.15) is 35.4 Å². The lowest BCUT2D eigenvalue weighted by Crippen LogP contribution is -2.39. The van der Waals surface area contributed by atoms with E-state index in [4.69, 9.17) is 9.73 Å². The SMILES string of the molecule is CCCOc1cccc(CCNC(=NCc2nnc(C)n2C)NCCc2cccs2)c1.I. The van der Waals surface area contributed by atoms with Crippen LogP contribution in [0.2, 0.25) is 0 Å². The molecule has 2 N–H and O–H groups in total. The third kappa shape index (κ3) is 8.42. The molecular formula is C23H33IN6OS. The van der Waals surface area contributed by atoms with Crippen LogP contribution in [0.4, 0.5) is 0 Å². The number of nitrogens with zero attached hydrogens (tertiary/aromatic N) is 4. The van der Waals surface area contributed by atoms with E-state index in [-0.39, 0.29) is 24.0 Å². The van der Waals surface area contributed by atoms with Crippen molar-refractivity contribution in [2.75, 3.05) is 19.7 Å². The fraction of sp³-hybridized carbons (Fsp3) is 0.435. The number of guanidine groups is 1. The predicted molar refractivity (Wildman–Crippen MR) is 142 cm³/mol. The lowest BCUT2D eigenvalue weighted by Gasteiger charge is -2.13. The summed E-state index contributed by atoms with van der Waals surface area (Å²) >= 11 is 1.78. The van der Waals surface area contributed by atoms with E-state index in [0.717, 1.165) is 62.3 Å². The zero-order valence-electron chi connectivity index (χ0n) is 19.0. The third-order valence-electron chi connectivity index (χ3n) is 4.88. The zero-order valence-corrected chi connectivity index (χ0v) is 22.2. The van der Waals surface area contributed by atoms with E-state index in [0.29, 0.717) is 6.54 Å². The van der Waals surface area contributed by atoms with Gasteiger partial charge in [0.2, 0.25) is 0 Å². The normalized spacial score (nSPS) is 11.2. The fourth-order valence-electron chi connectivity index (χ4n) is 3.01. The van der Waals surface area contributed by atoms with Gasteiger partial charge in [-0.1, -0.05) is 25.1 Å². The topological polar surface area (TPSA) is 76.4 Å². The molecule has 0 aliphatic carbocycles. The molecule has 2 heterocycles. The summed E-state index contributed by atoms with van der Waals surface area (Å²) < 4.78 is 7.71. The molecule has 9 heteroatoms. The van der Waals surface area contributed by atoms with Gasteiger partial charge in [0.15, 0.2) is 11.8 Å². The fourth-order valence-corrected chi connectivity index (χ4v) is 3.72. The molecule has 0 spiro atoms. The second-order valence-corrected chi connectivity index (χ2v) is 8.35. The van der Waals surface area contributed by atoms with Gasteiger partial charge in [-0.05, 0) is 55.3 Å². The maximum Gasteiger partial charge on any atom is 0.191 e. The molecule has 0 saturated heterocycles. The smallest absolute Gasteiger partial charge is 0.191 e. The van der Waals surface area contributed by atoms with E-state index in [1.165, 1.54) is 10.4 Å². The van der Waals surface area contributed by atoms with Crippen molar-refractivity contribution >= 4 is 41.3 Å². The molecule has 2 aromatic heterocycles. The standard InChI is InChI=1S/C23H32N6OS.HI/c1-4-14-30-20-8-5-7-19(16-20)10-12-24-23(25-13-11-21-9-6-15-31-21)26-17-22-28-27-18(2)29(22)3;/h5-9,15-16H,4,10-14,17H2,1-3H3,(H2,24,25,26);1H. The molecule has 3 aromatic rings. The summed E-state index contributed by atoms with van der Waals surface area (Å²) in [6.45, 7) is 6.88. The molecule has 0 unspecified atom stereocenters. The van der Waals surface area contributed by atoms with Gasteiger partial charge < -0.3 is 19.9 Å². The average molecular weight is 569 g/mol. The number of nitrogens with one attached hydrogen (secondary N) is 2. The van der Waals surface area contributed by atoms with E-state index < -0.39 is 0 Å². The van der Waals surface area contributed by atoms with Crippen LogP contribution < -0.4 is 15.4 Å². The van der Waals surface area contributed by atoms with Gasteiger partial charge in [0.1, 0.15) is 18.1 Å². The second kappa shape index (κ2) is 14.1. The van der Waals surface area contributed by atoms with Crippen molar-refractivity contribution in [2.45, 2.75) is 39.7 Å². The number of aromatic nitrogens is 3. The minimum absolute atomic E-state index is 0. The van der Waals surface area contributed by atoms with E-state index in [2.05, 4.69) is 57.4 Å². The number of hydrogen-bond donors (Lipinski definition) is 2. The van der Waals surface area contributed by atoms with Crippen LogP contribution in [0.5, 0.6) is 5.75 Å². The quantitative estimate of drug-likeness (QED) is 0.207. The summed E-state index contributed by atoms with van der Waals surface area (Å²) in [4.78, 5) is 6.09. The Bertz CT molecular complexity index is 957. The Morgan fingerprint density at radius 2 is 1.94 bits per heavy atom. The van der Waals surface area contributed by atoms with Crippen molar-refractivity contribution in [1.29, 1.82) is 0 Å². The number of halogens is 1. The van der Waals surface area contributed by atoms with Gasteiger partial charge in [-0.2, -0.15) is 0 Å². The second-order valence-electron chi connectivity index (χ2n) is 7.32. The van der Waals surface area contributed by atoms with Gasteiger partial charge in [-0.25, -0.2) is 4.99 Å². The number of benzene rings is 1. The van der Waals surface area contributed by atoms with E-state index in [1.807, 2.05) is 30.7 Å². The van der Waals surface area contributed by atoms with Gasteiger partial charge >= 0.3 is 0 Å². The predicted octanol–water partition coefficient (Wildman–Crippen LogP) is 4.11. The highest BCUT2D eigenvalue weighted by atomic mass is 127. The van der Waals surface area contributed by atoms with Crippen LogP contribution in [0.15, 0.2) is 46.8 Å². The summed E-state index contributed by atoms with van der Waals surface area (Å²) in [5, 5.41) is 17.3. The van der Waals surface area contributed by atoms with Crippen molar-refractivity contribution in [3.63, 3.8) is 0 Å². The highest BCUT2D eigenvalue weighted by molar-refractivity contribution is 14.0. The molecule has 0 radical (unpaired) electrons. The lowest BCUT2D eigenvalue weighted by molar-refractivity contribution is 0.317. The number of aliphatic imine (C=N–C) groups is 1. The van der Waals surface area contributed by atoms with E-state index in [9.17, 15) is 0 Å². The van der Waals surface area contributed by atoms with Gasteiger partial charge in [0.05, 0.1) is 6.61 Å². The molecule has 0 amide bonds. The molecule has 0 aliphatic rings. The van der Waals surface area contributed by atoms with Crippen LogP contribution in [-0.2, 0) is 26.4 Å². The monoisotopic (exact) mass is 568 g/mol. The molecule has 1 aromatic carbocycles. The summed E-state index contributed by atoms with van der Waals surface area (Å²) in [7, 11) is 1.96. The number of ether oxygens (including phenoxy) is 1. The number of hydrogen-bond acceptors (Lipinski definition) is 5. The maximum atomic E-state index is 5.74. The Labute approximate surface area is 211 Å². The molecule has 7 nitrogen and oxygen atoms in total. The Kier molecular flexibility index (Phi) is 11.5. The number of thiophene rings is 1. The zero-order chi connectivity index (χ0) is 21.9. The number of rotatable bonds is 11. The average Bonchev–Trinajstić information content (AvgIpc) is 3.41. The highest BCUT2D eigenvalue weighted by Crippen LogP contribution is 2.14. The molecule has 174 valence electrons. The van der Waals surface area contributed by atoms with Crippen molar-refractivity contribution in [3.8, 4) is 5.75 Å². The van der Waals surface area contributed by atoms with Crippen LogP contribution in [0.25, 0.3) is 0 Å². The molecule has 0 aliphatic heterocycles. The van der Waals surface area contributed by atoms with Crippen LogP contribution >= 0.6 is 35.3 Å². The third-order valence-corrected chi connectivity index (χ3v) is 5.82. The van der Waals surface area contributed by atoms with Gasteiger partial charge in [0.25, 0.3) is 0 Å². The molecule has 0 bridgehead atoms. The first-order valence-corrected chi connectivity index (χ1v) is 11.6. The molecule has 3 rings (SSSR count). The molecule has 32 heavy (non-hydrogen) atoms. The van der Waals surface area contributed by atoms with Crippen molar-refractivity contribution in [1.82, 2.24) is 25.4 Å². The summed E-state index contributed by atoms with van der Waals surface area (Å²) in [5.41, 5.74) is 1.24. The lowest BCUT2D eigenvalue weighted by atomic mass is 10.1. The van der Waals surface area contributed by atoms with Crippen LogP contribution in [-0.4, -0.2) is 40.4 Å². The summed E-state index contributed by atoms with van der Waals surface area (Å²) in [5.74, 6) is 3.45. The number of aryl methyl sites for hydroxylation is 1. The van der Waals surface area contributed by atoms with Crippen molar-refractivity contribution in [2.24, 2.45) is 12.0 Å². The van der Waals surface area contributed by atoms with E-state index >= 15 is 0 Å². The van der Waals surface area contributed by atoms with Gasteiger partial charge in [-0.3, -0.25) is 0 Å². The maximum absolute atomic E-state index is 5.74. The molecule has 0 fully saturated rings. The minimum Gasteiger partial charge on any atom is -0.494 e. The van der Waals surface area contributed by atoms with Crippen LogP contribution in [0, 0.1) is 6.92 Å². The molecule has 0 atom stereocenters. The molecule has 0 saturated carbocycles. The Balaban J connectivity index is 0.00000363. The summed E-state index contributed by atoms with van der Waals surface area (Å²) in [6.07, 6.45) is 2.87. The first-order chi connectivity index (χ1) is 15.2. The van der Waals surface area contributed by atoms with Gasteiger partial charge in [-0.15, -0.1) is 45.5 Å². The Morgan fingerprint density at radius 1 is 1.12 bits per heavy atom. The summed E-state index contributed by atoms with van der Waals surface area (Å²) in [6, 6.07) is 12.5. The van der Waals surface area contributed by atoms with Crippen molar-refractivity contribution in [3.05, 3.63) is 63.9 Å². The first-order valence-electron chi connectivity index (χ1n) is 10.8. The highest BCUT2D eigenvalue weighted by Gasteiger charge is 2.06. The minimum atomic E-state index is 0. The Hall–Kier alpha value is -2.14. The van der Waals surface area contributed by atoms with Crippen molar-refractivity contribution < 1.29 is 4.74 Å². The largest absolute Gasteiger partial charge is 0.494 e.